The van der Waals surface area contributed by atoms with Crippen molar-refractivity contribution in [3.8, 4) is 0 Å². The molecule has 0 bridgehead atoms. The molecule has 5 heteroatoms. The van der Waals surface area contributed by atoms with Gasteiger partial charge in [0, 0.05) is 6.54 Å². The van der Waals surface area contributed by atoms with Gasteiger partial charge >= 0.3 is 6.03 Å². The minimum Gasteiger partial charge on any atom is -0.326 e. The molecule has 1 rings (SSSR count). The van der Waals surface area contributed by atoms with E-state index < -0.39 is 0 Å². The molecule has 1 unspecified atom stereocenters. The van der Waals surface area contributed by atoms with E-state index in [0.717, 1.165) is 37.9 Å². The van der Waals surface area contributed by atoms with Crippen LogP contribution < -0.4 is 5.32 Å². The van der Waals surface area contributed by atoms with Crippen molar-refractivity contribution in [1.82, 2.24) is 10.2 Å². The van der Waals surface area contributed by atoms with Crippen molar-refractivity contribution in [2.24, 2.45) is 0 Å². The summed E-state index contributed by atoms with van der Waals surface area (Å²) in [5.41, 5.74) is 0. The van der Waals surface area contributed by atoms with Gasteiger partial charge in [-0.15, -0.1) is 0 Å². The molecular formula is C11H20N2O2S. The first-order valence-electron chi connectivity index (χ1n) is 5.93. The topological polar surface area (TPSA) is 49.4 Å². The van der Waals surface area contributed by atoms with Crippen LogP contribution in [0.25, 0.3) is 0 Å². The van der Waals surface area contributed by atoms with Crippen LogP contribution in [0, 0.1) is 0 Å². The highest BCUT2D eigenvalue weighted by molar-refractivity contribution is 7.80. The van der Waals surface area contributed by atoms with E-state index in [-0.39, 0.29) is 18.0 Å². The molecule has 92 valence electrons. The highest BCUT2D eigenvalue weighted by Crippen LogP contribution is 2.12. The maximum atomic E-state index is 11.8. The van der Waals surface area contributed by atoms with Gasteiger partial charge in [-0.1, -0.05) is 19.8 Å². The summed E-state index contributed by atoms with van der Waals surface area (Å²) in [5, 5.41) is 2.72. The Morgan fingerprint density at radius 2 is 2.06 bits per heavy atom. The zero-order chi connectivity index (χ0) is 12.0. The lowest BCUT2D eigenvalue weighted by molar-refractivity contribution is -0.127. The Balaban J connectivity index is 2.36. The van der Waals surface area contributed by atoms with E-state index in [1.807, 2.05) is 6.92 Å². The van der Waals surface area contributed by atoms with Crippen LogP contribution >= 0.6 is 12.6 Å². The second-order valence-electron chi connectivity index (χ2n) is 4.06. The van der Waals surface area contributed by atoms with Gasteiger partial charge in [0.1, 0.15) is 6.04 Å². The van der Waals surface area contributed by atoms with Gasteiger partial charge in [-0.2, -0.15) is 12.6 Å². The number of nitrogens with zero attached hydrogens (tertiary/aromatic N) is 1. The number of hydrogen-bond acceptors (Lipinski definition) is 3. The Morgan fingerprint density at radius 1 is 1.31 bits per heavy atom. The van der Waals surface area contributed by atoms with Crippen molar-refractivity contribution < 1.29 is 9.59 Å². The number of nitrogens with one attached hydrogen (secondary N) is 1. The van der Waals surface area contributed by atoms with Crippen molar-refractivity contribution in [1.29, 1.82) is 0 Å². The van der Waals surface area contributed by atoms with Gasteiger partial charge in [0.05, 0.1) is 0 Å². The number of urea groups is 1. The summed E-state index contributed by atoms with van der Waals surface area (Å²) in [6.45, 7) is 2.55. The number of carbonyl (C=O) groups excluding carboxylic acids is 2. The zero-order valence-corrected chi connectivity index (χ0v) is 10.6. The van der Waals surface area contributed by atoms with Crippen molar-refractivity contribution in [2.75, 3.05) is 12.3 Å². The van der Waals surface area contributed by atoms with Gasteiger partial charge in [0.2, 0.25) is 0 Å². The number of carbonyl (C=O) groups is 2. The number of unbranched alkanes of at least 4 members (excludes halogenated alkanes) is 2. The SMILES string of the molecule is CCCC1NC(=O)N(CCCCCS)C1=O. The van der Waals surface area contributed by atoms with Crippen LogP contribution in [0.2, 0.25) is 0 Å². The number of amides is 3. The lowest BCUT2D eigenvalue weighted by Gasteiger charge is -2.12. The van der Waals surface area contributed by atoms with Gasteiger partial charge < -0.3 is 5.32 Å². The van der Waals surface area contributed by atoms with Crippen LogP contribution in [-0.4, -0.2) is 35.2 Å². The normalized spacial score (nSPS) is 20.4. The Labute approximate surface area is 102 Å². The first-order chi connectivity index (χ1) is 7.70. The van der Waals surface area contributed by atoms with Gasteiger partial charge in [-0.3, -0.25) is 9.69 Å². The third kappa shape index (κ3) is 3.40. The second kappa shape index (κ2) is 6.78. The van der Waals surface area contributed by atoms with Crippen LogP contribution in [-0.2, 0) is 4.79 Å². The molecule has 0 radical (unpaired) electrons. The molecule has 3 amide bonds. The van der Waals surface area contributed by atoms with E-state index in [9.17, 15) is 9.59 Å². The van der Waals surface area contributed by atoms with Gasteiger partial charge in [0.15, 0.2) is 0 Å². The molecule has 1 aliphatic rings. The third-order valence-electron chi connectivity index (χ3n) is 2.72. The van der Waals surface area contributed by atoms with Gasteiger partial charge in [-0.05, 0) is 25.0 Å². The average molecular weight is 244 g/mol. The largest absolute Gasteiger partial charge is 0.326 e. The molecule has 4 nitrogen and oxygen atoms in total. The van der Waals surface area contributed by atoms with Crippen LogP contribution in [0.4, 0.5) is 4.79 Å². The molecule has 1 aliphatic heterocycles. The van der Waals surface area contributed by atoms with Crippen molar-refractivity contribution >= 4 is 24.6 Å². The van der Waals surface area contributed by atoms with Gasteiger partial charge in [-0.25, -0.2) is 4.79 Å². The van der Waals surface area contributed by atoms with Crippen LogP contribution in [0.1, 0.15) is 39.0 Å². The van der Waals surface area contributed by atoms with Crippen molar-refractivity contribution in [2.45, 2.75) is 45.1 Å². The van der Waals surface area contributed by atoms with E-state index in [4.69, 9.17) is 0 Å². The summed E-state index contributed by atoms with van der Waals surface area (Å²) >= 11 is 4.12. The van der Waals surface area contributed by atoms with Crippen molar-refractivity contribution in [3.63, 3.8) is 0 Å². The molecule has 1 heterocycles. The van der Waals surface area contributed by atoms with Crippen LogP contribution in [0.3, 0.4) is 0 Å². The monoisotopic (exact) mass is 244 g/mol. The average Bonchev–Trinajstić information content (AvgIpc) is 2.52. The van der Waals surface area contributed by atoms with E-state index in [0.29, 0.717) is 6.54 Å². The Morgan fingerprint density at radius 3 is 2.69 bits per heavy atom. The summed E-state index contributed by atoms with van der Waals surface area (Å²) in [4.78, 5) is 24.7. The minimum atomic E-state index is -0.289. The van der Waals surface area contributed by atoms with Crippen LogP contribution in [0.5, 0.6) is 0 Å². The maximum Gasteiger partial charge on any atom is 0.324 e. The summed E-state index contributed by atoms with van der Waals surface area (Å²) in [6, 6.07) is -0.517. The first-order valence-corrected chi connectivity index (χ1v) is 6.56. The highest BCUT2D eigenvalue weighted by atomic mass is 32.1. The predicted molar refractivity (Wildman–Crippen MR) is 66.6 cm³/mol. The summed E-state index contributed by atoms with van der Waals surface area (Å²) < 4.78 is 0. The molecule has 0 saturated carbocycles. The second-order valence-corrected chi connectivity index (χ2v) is 4.51. The summed E-state index contributed by atoms with van der Waals surface area (Å²) in [5.74, 6) is 0.802. The van der Waals surface area contributed by atoms with E-state index in [2.05, 4.69) is 17.9 Å². The minimum absolute atomic E-state index is 0.0577. The summed E-state index contributed by atoms with van der Waals surface area (Å²) in [7, 11) is 0. The molecule has 0 aliphatic carbocycles. The molecule has 16 heavy (non-hydrogen) atoms. The summed E-state index contributed by atoms with van der Waals surface area (Å²) in [6.07, 6.45) is 4.56. The Hall–Kier alpha value is -0.710. The molecular weight excluding hydrogens is 224 g/mol. The molecule has 1 saturated heterocycles. The van der Waals surface area contributed by atoms with E-state index in [1.54, 1.807) is 0 Å². The number of thiol groups is 1. The molecule has 0 aromatic rings. The van der Waals surface area contributed by atoms with E-state index in [1.165, 1.54) is 4.90 Å². The standard InChI is InChI=1S/C11H20N2O2S/c1-2-6-9-10(14)13(11(15)12-9)7-4-3-5-8-16/h9,16H,2-8H2,1H3,(H,12,15). The van der Waals surface area contributed by atoms with Gasteiger partial charge in [0.25, 0.3) is 5.91 Å². The lowest BCUT2D eigenvalue weighted by Crippen LogP contribution is -2.32. The molecule has 1 N–H and O–H groups in total. The predicted octanol–water partition coefficient (Wildman–Crippen LogP) is 1.81. The lowest BCUT2D eigenvalue weighted by atomic mass is 10.1. The third-order valence-corrected chi connectivity index (χ3v) is 3.04. The Kier molecular flexibility index (Phi) is 5.66. The molecule has 0 aromatic heterocycles. The van der Waals surface area contributed by atoms with E-state index >= 15 is 0 Å². The maximum absolute atomic E-state index is 11.8. The highest BCUT2D eigenvalue weighted by Gasteiger charge is 2.36. The quantitative estimate of drug-likeness (QED) is 0.407. The number of rotatable bonds is 7. The zero-order valence-electron chi connectivity index (χ0n) is 9.74. The Bertz CT molecular complexity index is 258. The fourth-order valence-corrected chi connectivity index (χ4v) is 2.06. The molecule has 1 atom stereocenters. The fourth-order valence-electron chi connectivity index (χ4n) is 1.83. The smallest absolute Gasteiger partial charge is 0.324 e. The number of imide groups is 1. The molecule has 0 aromatic carbocycles. The first kappa shape index (κ1) is 13.4. The number of hydrogen-bond donors (Lipinski definition) is 2. The molecule has 1 fully saturated rings. The fraction of sp³-hybridized carbons (Fsp3) is 0.818. The molecule has 0 spiro atoms. The van der Waals surface area contributed by atoms with Crippen molar-refractivity contribution in [3.05, 3.63) is 0 Å². The van der Waals surface area contributed by atoms with Crippen LogP contribution in [0.15, 0.2) is 0 Å².